The third kappa shape index (κ3) is 3.76. The normalized spacial score (nSPS) is 21.5. The Morgan fingerprint density at radius 2 is 2.21 bits per heavy atom. The van der Waals surface area contributed by atoms with Crippen molar-refractivity contribution in [3.05, 3.63) is 29.6 Å². The Kier molecular flexibility index (Phi) is 4.58. The van der Waals surface area contributed by atoms with E-state index >= 15 is 0 Å². The topological polar surface area (TPSA) is 50.3 Å². The molecule has 1 fully saturated rings. The fraction of sp³-hybridized carbons (Fsp3) is 0.643. The number of hydrogen-bond acceptors (Lipinski definition) is 3. The van der Waals surface area contributed by atoms with Crippen LogP contribution in [-0.4, -0.2) is 36.5 Å². The van der Waals surface area contributed by atoms with Crippen LogP contribution in [0.3, 0.4) is 0 Å². The van der Waals surface area contributed by atoms with E-state index in [0.717, 1.165) is 25.0 Å². The molecule has 1 saturated heterocycles. The monoisotopic (exact) mass is 282 g/mol. The molecule has 5 heteroatoms. The molecule has 106 valence electrons. The Balaban J connectivity index is 2.00. The first-order chi connectivity index (χ1) is 9.01. The maximum Gasteiger partial charge on any atom is 0.213 e. The van der Waals surface area contributed by atoms with Crippen molar-refractivity contribution in [2.75, 3.05) is 18.8 Å². The molecular weight excluding hydrogens is 260 g/mol. The average Bonchev–Trinajstić information content (AvgIpc) is 2.42. The minimum atomic E-state index is -3.04. The quantitative estimate of drug-likeness (QED) is 0.848. The number of aromatic nitrogens is 1. The Bertz CT molecular complexity index is 511. The predicted octanol–water partition coefficient (Wildman–Crippen LogP) is 1.99. The zero-order valence-corrected chi connectivity index (χ0v) is 12.5. The van der Waals surface area contributed by atoms with E-state index in [9.17, 15) is 8.42 Å². The molecule has 0 radical (unpaired) electrons. The van der Waals surface area contributed by atoms with E-state index in [-0.39, 0.29) is 5.75 Å². The van der Waals surface area contributed by atoms with Gasteiger partial charge in [0.2, 0.25) is 10.0 Å². The van der Waals surface area contributed by atoms with Crippen molar-refractivity contribution in [3.63, 3.8) is 0 Å². The number of hydrogen-bond donors (Lipinski definition) is 0. The van der Waals surface area contributed by atoms with Gasteiger partial charge < -0.3 is 0 Å². The first-order valence-corrected chi connectivity index (χ1v) is 8.51. The standard InChI is InChI=1S/C14H22N2O2S/c1-3-19(17,18)16-8-4-5-14(11-16)9-13-7-6-12(2)15-10-13/h6-7,10,14H,3-5,8-9,11H2,1-2H3. The maximum absolute atomic E-state index is 11.9. The molecule has 1 aliphatic heterocycles. The van der Waals surface area contributed by atoms with Gasteiger partial charge in [-0.2, -0.15) is 0 Å². The maximum atomic E-state index is 11.9. The van der Waals surface area contributed by atoms with Crippen LogP contribution < -0.4 is 0 Å². The molecule has 0 N–H and O–H groups in total. The van der Waals surface area contributed by atoms with Crippen LogP contribution in [0.2, 0.25) is 0 Å². The van der Waals surface area contributed by atoms with Gasteiger partial charge in [-0.05, 0) is 50.7 Å². The molecule has 1 aromatic heterocycles. The summed E-state index contributed by atoms with van der Waals surface area (Å²) in [7, 11) is -3.04. The minimum absolute atomic E-state index is 0.200. The van der Waals surface area contributed by atoms with Gasteiger partial charge in [0.1, 0.15) is 0 Å². The van der Waals surface area contributed by atoms with Crippen molar-refractivity contribution in [1.29, 1.82) is 0 Å². The molecule has 0 amide bonds. The number of nitrogens with zero attached hydrogens (tertiary/aromatic N) is 2. The second kappa shape index (κ2) is 6.01. The SMILES string of the molecule is CCS(=O)(=O)N1CCCC(Cc2ccc(C)nc2)C1. The highest BCUT2D eigenvalue weighted by atomic mass is 32.2. The summed E-state index contributed by atoms with van der Waals surface area (Å²) in [6, 6.07) is 4.11. The van der Waals surface area contributed by atoms with Gasteiger partial charge in [0.05, 0.1) is 5.75 Å². The van der Waals surface area contributed by atoms with Gasteiger partial charge in [-0.15, -0.1) is 0 Å². The zero-order valence-electron chi connectivity index (χ0n) is 11.7. The summed E-state index contributed by atoms with van der Waals surface area (Å²) < 4.78 is 25.5. The summed E-state index contributed by atoms with van der Waals surface area (Å²) in [5.41, 5.74) is 2.22. The molecule has 1 atom stereocenters. The van der Waals surface area contributed by atoms with Gasteiger partial charge in [-0.25, -0.2) is 12.7 Å². The van der Waals surface area contributed by atoms with Crippen LogP contribution in [-0.2, 0) is 16.4 Å². The Hall–Kier alpha value is -0.940. The summed E-state index contributed by atoms with van der Waals surface area (Å²) >= 11 is 0. The molecule has 2 heterocycles. The molecule has 1 aliphatic rings. The van der Waals surface area contributed by atoms with Gasteiger partial charge in [-0.1, -0.05) is 6.07 Å². The third-order valence-corrected chi connectivity index (χ3v) is 5.58. The molecule has 0 aliphatic carbocycles. The lowest BCUT2D eigenvalue weighted by Crippen LogP contribution is -2.41. The smallest absolute Gasteiger partial charge is 0.213 e. The molecule has 0 bridgehead atoms. The second-order valence-corrected chi connectivity index (χ2v) is 7.54. The predicted molar refractivity (Wildman–Crippen MR) is 76.4 cm³/mol. The van der Waals surface area contributed by atoms with E-state index in [2.05, 4.69) is 11.1 Å². The molecule has 19 heavy (non-hydrogen) atoms. The lowest BCUT2D eigenvalue weighted by molar-refractivity contribution is 0.265. The highest BCUT2D eigenvalue weighted by molar-refractivity contribution is 7.89. The molecule has 1 aromatic rings. The lowest BCUT2D eigenvalue weighted by Gasteiger charge is -2.31. The molecule has 2 rings (SSSR count). The molecular formula is C14H22N2O2S. The number of sulfonamides is 1. The highest BCUT2D eigenvalue weighted by Crippen LogP contribution is 2.22. The Morgan fingerprint density at radius 3 is 2.84 bits per heavy atom. The van der Waals surface area contributed by atoms with Crippen LogP contribution in [0.15, 0.2) is 18.3 Å². The summed E-state index contributed by atoms with van der Waals surface area (Å²) in [5.74, 6) is 0.616. The molecule has 0 saturated carbocycles. The summed E-state index contributed by atoms with van der Waals surface area (Å²) in [6.45, 7) is 5.02. The van der Waals surface area contributed by atoms with Crippen molar-refractivity contribution in [2.45, 2.75) is 33.1 Å². The van der Waals surface area contributed by atoms with E-state index in [1.807, 2.05) is 19.2 Å². The fourth-order valence-corrected chi connectivity index (χ4v) is 3.79. The van der Waals surface area contributed by atoms with Crippen molar-refractivity contribution >= 4 is 10.0 Å². The van der Waals surface area contributed by atoms with Crippen LogP contribution in [0, 0.1) is 12.8 Å². The summed E-state index contributed by atoms with van der Waals surface area (Å²) in [4.78, 5) is 4.30. The van der Waals surface area contributed by atoms with Crippen molar-refractivity contribution in [1.82, 2.24) is 9.29 Å². The Labute approximate surface area is 115 Å². The van der Waals surface area contributed by atoms with Crippen LogP contribution in [0.25, 0.3) is 0 Å². The molecule has 0 spiro atoms. The van der Waals surface area contributed by atoms with E-state index in [1.54, 1.807) is 11.2 Å². The average molecular weight is 282 g/mol. The molecule has 4 nitrogen and oxygen atoms in total. The van der Waals surface area contributed by atoms with Crippen LogP contribution in [0.4, 0.5) is 0 Å². The number of piperidine rings is 1. The summed E-state index contributed by atoms with van der Waals surface area (Å²) in [5, 5.41) is 0. The number of aryl methyl sites for hydroxylation is 1. The first kappa shape index (κ1) is 14.5. The lowest BCUT2D eigenvalue weighted by atomic mass is 9.93. The molecule has 0 aromatic carbocycles. The van der Waals surface area contributed by atoms with Gasteiger partial charge in [0.15, 0.2) is 0 Å². The van der Waals surface area contributed by atoms with E-state index < -0.39 is 10.0 Å². The number of pyridine rings is 1. The van der Waals surface area contributed by atoms with Crippen molar-refractivity contribution in [2.24, 2.45) is 5.92 Å². The largest absolute Gasteiger partial charge is 0.261 e. The summed E-state index contributed by atoms with van der Waals surface area (Å²) in [6.07, 6.45) is 4.89. The van der Waals surface area contributed by atoms with Crippen LogP contribution in [0.1, 0.15) is 31.0 Å². The van der Waals surface area contributed by atoms with E-state index in [1.165, 1.54) is 5.56 Å². The van der Waals surface area contributed by atoms with Crippen LogP contribution >= 0.6 is 0 Å². The van der Waals surface area contributed by atoms with Crippen molar-refractivity contribution < 1.29 is 8.42 Å². The highest BCUT2D eigenvalue weighted by Gasteiger charge is 2.27. The van der Waals surface area contributed by atoms with Gasteiger partial charge >= 0.3 is 0 Å². The molecule has 1 unspecified atom stereocenters. The second-order valence-electron chi connectivity index (χ2n) is 5.28. The van der Waals surface area contributed by atoms with Crippen molar-refractivity contribution in [3.8, 4) is 0 Å². The Morgan fingerprint density at radius 1 is 1.42 bits per heavy atom. The van der Waals surface area contributed by atoms with Gasteiger partial charge in [-0.3, -0.25) is 4.98 Å². The van der Waals surface area contributed by atoms with E-state index in [4.69, 9.17) is 0 Å². The van der Waals surface area contributed by atoms with E-state index in [0.29, 0.717) is 19.0 Å². The minimum Gasteiger partial charge on any atom is -0.261 e. The van der Waals surface area contributed by atoms with Gasteiger partial charge in [0.25, 0.3) is 0 Å². The number of rotatable bonds is 4. The third-order valence-electron chi connectivity index (χ3n) is 3.74. The first-order valence-electron chi connectivity index (χ1n) is 6.90. The van der Waals surface area contributed by atoms with Crippen LogP contribution in [0.5, 0.6) is 0 Å². The van der Waals surface area contributed by atoms with Gasteiger partial charge in [0, 0.05) is 25.0 Å². The zero-order chi connectivity index (χ0) is 13.9. The fourth-order valence-electron chi connectivity index (χ4n) is 2.58.